The number of fused-ring (bicyclic) bond motifs is 1. The van der Waals surface area contributed by atoms with Gasteiger partial charge in [0.1, 0.15) is 28.9 Å². The van der Waals surface area contributed by atoms with Gasteiger partial charge in [-0.25, -0.2) is 4.79 Å². The molecule has 10 heteroatoms. The summed E-state index contributed by atoms with van der Waals surface area (Å²) >= 11 is 1.39. The van der Waals surface area contributed by atoms with Crippen LogP contribution in [0.3, 0.4) is 0 Å². The minimum atomic E-state index is -1.17. The zero-order valence-corrected chi connectivity index (χ0v) is 15.8. The number of thioether (sulfide) groups is 1. The fraction of sp³-hybridized carbons (Fsp3) is 0.278. The van der Waals surface area contributed by atoms with Gasteiger partial charge in [-0.05, 0) is 30.2 Å². The number of phenols is 1. The van der Waals surface area contributed by atoms with Crippen molar-refractivity contribution in [2.24, 2.45) is 5.73 Å². The van der Waals surface area contributed by atoms with Crippen LogP contribution in [0.2, 0.25) is 0 Å². The Bertz CT molecular complexity index is 851. The molecule has 3 rings (SSSR count). The van der Waals surface area contributed by atoms with E-state index in [1.807, 2.05) is 0 Å². The third kappa shape index (κ3) is 3.75. The first-order valence-corrected chi connectivity index (χ1v) is 9.28. The molecule has 150 valence electrons. The van der Waals surface area contributed by atoms with Crippen molar-refractivity contribution in [3.8, 4) is 5.75 Å². The van der Waals surface area contributed by atoms with Gasteiger partial charge in [0.2, 0.25) is 5.91 Å². The van der Waals surface area contributed by atoms with E-state index in [-0.39, 0.29) is 16.9 Å². The van der Waals surface area contributed by atoms with Gasteiger partial charge in [0, 0.05) is 5.75 Å². The highest BCUT2D eigenvalue weighted by atomic mass is 32.2. The zero-order chi connectivity index (χ0) is 19.7. The maximum absolute atomic E-state index is 12.5. The molecule has 3 atom stereocenters. The van der Waals surface area contributed by atoms with E-state index in [1.54, 1.807) is 19.1 Å². The molecular formula is C18H21N3O6S. The van der Waals surface area contributed by atoms with Crippen molar-refractivity contribution in [3.63, 3.8) is 0 Å². The van der Waals surface area contributed by atoms with Gasteiger partial charge in [0.15, 0.2) is 0 Å². The molecule has 28 heavy (non-hydrogen) atoms. The molecule has 2 heterocycles. The summed E-state index contributed by atoms with van der Waals surface area (Å²) in [5.41, 5.74) is 6.93. The van der Waals surface area contributed by atoms with E-state index in [0.717, 1.165) is 0 Å². The van der Waals surface area contributed by atoms with E-state index in [9.17, 15) is 24.6 Å². The molecule has 0 aromatic heterocycles. The Morgan fingerprint density at radius 2 is 2.00 bits per heavy atom. The predicted molar refractivity (Wildman–Crippen MR) is 103 cm³/mol. The highest BCUT2D eigenvalue weighted by Gasteiger charge is 2.54. The summed E-state index contributed by atoms with van der Waals surface area (Å²) in [6, 6.07) is 4.06. The molecule has 1 saturated heterocycles. The lowest BCUT2D eigenvalue weighted by atomic mass is 10.0. The Hall–Kier alpha value is -2.82. The highest BCUT2D eigenvalue weighted by molar-refractivity contribution is 8.00. The van der Waals surface area contributed by atoms with Crippen LogP contribution in [-0.2, 0) is 14.4 Å². The van der Waals surface area contributed by atoms with Crippen LogP contribution in [0.15, 0.2) is 47.7 Å². The third-order valence-electron chi connectivity index (χ3n) is 4.40. The molecule has 2 aliphatic rings. The number of hydrogen-bond acceptors (Lipinski definition) is 6. The van der Waals surface area contributed by atoms with Crippen molar-refractivity contribution in [1.29, 1.82) is 0 Å². The smallest absolute Gasteiger partial charge is 0.352 e. The van der Waals surface area contributed by atoms with Gasteiger partial charge in [-0.2, -0.15) is 0 Å². The summed E-state index contributed by atoms with van der Waals surface area (Å²) < 4.78 is 0. The number of allylic oxidation sites excluding steroid dienone is 2. The number of carbonyl (C=O) groups is 3. The number of aliphatic carboxylic acids is 1. The maximum atomic E-state index is 12.5. The van der Waals surface area contributed by atoms with Gasteiger partial charge < -0.3 is 26.7 Å². The molecule has 9 nitrogen and oxygen atoms in total. The summed E-state index contributed by atoms with van der Waals surface area (Å²) in [6.07, 6.45) is 3.39. The number of nitrogens with zero attached hydrogens (tertiary/aromatic N) is 1. The average Bonchev–Trinajstić information content (AvgIpc) is 2.65. The number of rotatable bonds is 5. The van der Waals surface area contributed by atoms with E-state index >= 15 is 0 Å². The molecule has 1 fully saturated rings. The quantitative estimate of drug-likeness (QED) is 0.494. The number of carbonyl (C=O) groups excluding carboxylic acids is 2. The number of aromatic hydroxyl groups is 1. The fourth-order valence-corrected chi connectivity index (χ4v) is 4.37. The lowest BCUT2D eigenvalue weighted by Crippen LogP contribution is -2.71. The van der Waals surface area contributed by atoms with Crippen molar-refractivity contribution in [2.45, 2.75) is 24.4 Å². The van der Waals surface area contributed by atoms with Gasteiger partial charge in [-0.3, -0.25) is 14.5 Å². The molecule has 1 aromatic carbocycles. The third-order valence-corrected chi connectivity index (χ3v) is 5.70. The van der Waals surface area contributed by atoms with E-state index in [2.05, 4.69) is 5.32 Å². The van der Waals surface area contributed by atoms with Crippen molar-refractivity contribution in [3.05, 3.63) is 53.3 Å². The molecule has 2 aliphatic heterocycles. The molecule has 0 aliphatic carbocycles. The lowest BCUT2D eigenvalue weighted by molar-refractivity contribution is -0.150. The Kier molecular flexibility index (Phi) is 6.49. The van der Waals surface area contributed by atoms with Gasteiger partial charge >= 0.3 is 5.97 Å². The Morgan fingerprint density at radius 1 is 1.36 bits per heavy atom. The minimum Gasteiger partial charge on any atom is -0.508 e. The topological polar surface area (TPSA) is 164 Å². The van der Waals surface area contributed by atoms with E-state index in [0.29, 0.717) is 16.9 Å². The molecule has 0 saturated carbocycles. The predicted octanol–water partition coefficient (Wildman–Crippen LogP) is -0.118. The van der Waals surface area contributed by atoms with Crippen molar-refractivity contribution in [1.82, 2.24) is 10.2 Å². The number of phenolic OH excluding ortho intramolecular Hbond substituents is 1. The van der Waals surface area contributed by atoms with E-state index in [4.69, 9.17) is 5.73 Å². The summed E-state index contributed by atoms with van der Waals surface area (Å²) in [5.74, 6) is -1.71. The molecular weight excluding hydrogens is 386 g/mol. The SMILES string of the molecule is C/C=C/C1=C(C(=O)O)N2C(=O)[C@@H](NC(=O)[C@H](N)c3ccc(O)cc3)[C@H]2SC1.O. The first-order chi connectivity index (χ1) is 12.8. The normalized spacial score (nSPS) is 22.2. The molecule has 0 bridgehead atoms. The van der Waals surface area contributed by atoms with E-state index < -0.39 is 35.2 Å². The molecule has 7 N–H and O–H groups in total. The summed E-state index contributed by atoms with van der Waals surface area (Å²) in [7, 11) is 0. The number of hydrogen-bond donors (Lipinski definition) is 4. The fourth-order valence-electron chi connectivity index (χ4n) is 3.05. The second kappa shape index (κ2) is 8.46. The number of nitrogens with two attached hydrogens (primary N) is 1. The lowest BCUT2D eigenvalue weighted by Gasteiger charge is -2.49. The maximum Gasteiger partial charge on any atom is 0.352 e. The van der Waals surface area contributed by atoms with Crippen LogP contribution in [0.5, 0.6) is 5.75 Å². The summed E-state index contributed by atoms with van der Waals surface area (Å²) in [5, 5.41) is 20.9. The second-order valence-corrected chi connectivity index (χ2v) is 7.25. The monoisotopic (exact) mass is 407 g/mol. The molecule has 0 spiro atoms. The van der Waals surface area contributed by atoms with Crippen LogP contribution in [0.25, 0.3) is 0 Å². The van der Waals surface area contributed by atoms with Gasteiger partial charge in [0.05, 0.1) is 0 Å². The average molecular weight is 407 g/mol. The molecule has 0 unspecified atom stereocenters. The van der Waals surface area contributed by atoms with Gasteiger partial charge in [0.25, 0.3) is 5.91 Å². The molecule has 0 radical (unpaired) electrons. The van der Waals surface area contributed by atoms with Crippen LogP contribution in [0.1, 0.15) is 18.5 Å². The largest absolute Gasteiger partial charge is 0.508 e. The zero-order valence-electron chi connectivity index (χ0n) is 15.0. The van der Waals surface area contributed by atoms with Crippen LogP contribution in [0, 0.1) is 0 Å². The van der Waals surface area contributed by atoms with Crippen molar-refractivity contribution >= 4 is 29.5 Å². The summed E-state index contributed by atoms with van der Waals surface area (Å²) in [6.45, 7) is 1.77. The molecule has 2 amide bonds. The number of nitrogens with one attached hydrogen (secondary N) is 1. The number of carboxylic acid groups (broad SMARTS) is 1. The van der Waals surface area contributed by atoms with Gasteiger partial charge in [-0.15, -0.1) is 11.8 Å². The Balaban J connectivity index is 0.00000280. The van der Waals surface area contributed by atoms with E-state index in [1.165, 1.54) is 40.9 Å². The second-order valence-electron chi connectivity index (χ2n) is 6.14. The van der Waals surface area contributed by atoms with Crippen LogP contribution in [0.4, 0.5) is 0 Å². The molecule has 1 aromatic rings. The van der Waals surface area contributed by atoms with Crippen LogP contribution in [-0.4, -0.2) is 55.5 Å². The minimum absolute atomic E-state index is 0. The Morgan fingerprint density at radius 3 is 2.57 bits per heavy atom. The first kappa shape index (κ1) is 21.5. The standard InChI is InChI=1S/C18H19N3O5S.H2O/c1-2-3-10-8-27-17-13(16(24)21(17)14(10)18(25)26)20-15(23)12(19)9-4-6-11(22)7-5-9;/h2-7,12-13,17,22H,8,19H2,1H3,(H,20,23)(H,25,26);1H2/b3-2+;/t12-,13-,17-;/m1./s1. The van der Waals surface area contributed by atoms with Crippen LogP contribution < -0.4 is 11.1 Å². The van der Waals surface area contributed by atoms with Crippen molar-refractivity contribution in [2.75, 3.05) is 5.75 Å². The summed E-state index contributed by atoms with van der Waals surface area (Å²) in [4.78, 5) is 37.7. The number of β-lactam (4-membered cyclic amide) rings is 1. The van der Waals surface area contributed by atoms with Crippen LogP contribution >= 0.6 is 11.8 Å². The number of benzene rings is 1. The Labute approximate surface area is 165 Å². The first-order valence-electron chi connectivity index (χ1n) is 8.24. The number of carboxylic acids is 1. The number of amides is 2. The highest BCUT2D eigenvalue weighted by Crippen LogP contribution is 2.40. The van der Waals surface area contributed by atoms with Crippen molar-refractivity contribution < 1.29 is 30.1 Å². The van der Waals surface area contributed by atoms with Gasteiger partial charge in [-0.1, -0.05) is 24.3 Å².